The number of nitrogens with zero attached hydrogens (tertiary/aromatic N) is 7. The summed E-state index contributed by atoms with van der Waals surface area (Å²) in [6.45, 7) is 3.76. The van der Waals surface area contributed by atoms with E-state index >= 15 is 0 Å². The van der Waals surface area contributed by atoms with Crippen LogP contribution in [0, 0.1) is 13.8 Å². The highest BCUT2D eigenvalue weighted by Gasteiger charge is 2.22. The van der Waals surface area contributed by atoms with Gasteiger partial charge in [0.05, 0.1) is 47.8 Å². The normalized spacial score (nSPS) is 11.4. The maximum atomic E-state index is 13.4. The number of hydrogen-bond acceptors (Lipinski definition) is 7. The van der Waals surface area contributed by atoms with Crippen molar-refractivity contribution in [1.82, 2.24) is 33.7 Å². The van der Waals surface area contributed by atoms with Crippen LogP contribution in [0.1, 0.15) is 22.8 Å². The smallest absolute Gasteiger partial charge is 0.353 e. The Morgan fingerprint density at radius 1 is 1.06 bits per heavy atom. The van der Waals surface area contributed by atoms with Gasteiger partial charge in [-0.05, 0) is 31.5 Å². The van der Waals surface area contributed by atoms with Gasteiger partial charge in [0.15, 0.2) is 5.65 Å². The number of aromatic nitrogens is 7. The van der Waals surface area contributed by atoms with Gasteiger partial charge in [0, 0.05) is 18.3 Å². The average molecular weight is 457 g/mol. The summed E-state index contributed by atoms with van der Waals surface area (Å²) in [4.78, 5) is 26.7. The molecule has 0 unspecified atom stereocenters. The van der Waals surface area contributed by atoms with Crippen LogP contribution in [0.2, 0.25) is 0 Å². The first-order valence-corrected chi connectivity index (χ1v) is 10.8. The second-order valence-corrected chi connectivity index (χ2v) is 8.19. The average Bonchev–Trinajstić information content (AvgIpc) is 3.33. The molecule has 4 aromatic heterocycles. The van der Waals surface area contributed by atoms with E-state index < -0.39 is 5.69 Å². The van der Waals surface area contributed by atoms with E-state index in [2.05, 4.69) is 15.0 Å². The summed E-state index contributed by atoms with van der Waals surface area (Å²) in [6, 6.07) is 13.3. The van der Waals surface area contributed by atoms with E-state index in [9.17, 15) is 9.90 Å². The maximum absolute atomic E-state index is 13.4. The molecule has 0 aliphatic rings. The Labute approximate surface area is 195 Å². The Bertz CT molecular complexity index is 1560. The minimum atomic E-state index is -0.394. The zero-order valence-electron chi connectivity index (χ0n) is 19.1. The number of aliphatic hydroxyl groups is 1. The van der Waals surface area contributed by atoms with Crippen LogP contribution < -0.4 is 11.4 Å². The quantitative estimate of drug-likeness (QED) is 0.414. The molecular formula is C24H24N8O2. The van der Waals surface area contributed by atoms with E-state index in [0.29, 0.717) is 22.6 Å². The molecule has 10 heteroatoms. The van der Waals surface area contributed by atoms with Crippen molar-refractivity contribution in [2.75, 3.05) is 5.73 Å². The zero-order chi connectivity index (χ0) is 24.0. The van der Waals surface area contributed by atoms with E-state index in [0.717, 1.165) is 28.2 Å². The van der Waals surface area contributed by atoms with Crippen molar-refractivity contribution in [3.05, 3.63) is 82.1 Å². The number of rotatable bonds is 5. The van der Waals surface area contributed by atoms with Gasteiger partial charge in [-0.15, -0.1) is 5.10 Å². The topological polar surface area (TPSA) is 129 Å². The van der Waals surface area contributed by atoms with Crippen LogP contribution in [0.4, 0.5) is 5.95 Å². The molecule has 0 saturated heterocycles. The van der Waals surface area contributed by atoms with Crippen LogP contribution in [0.25, 0.3) is 28.0 Å². The number of hydrogen-bond donors (Lipinski definition) is 2. The lowest BCUT2D eigenvalue weighted by molar-refractivity contribution is 0.276. The Kier molecular flexibility index (Phi) is 5.21. The highest BCUT2D eigenvalue weighted by molar-refractivity contribution is 5.90. The number of nitrogens with two attached hydrogens (primary N) is 1. The summed E-state index contributed by atoms with van der Waals surface area (Å²) in [5.74, 6) is 0.0451. The standard InChI is InChI=1S/C24H24N8O2/c1-14-9-17(10-18(12-33)27-14)20-21(16-7-5-4-6-8-16)28-23(25)32-22(20)29-31(24(32)34)11-19-15(2)26-13-30(19)3/h4-10,13,33H,11-12H2,1-3H3,(H2,25,28). The fraction of sp³-hybridized carbons (Fsp3) is 0.208. The molecule has 0 spiro atoms. The van der Waals surface area contributed by atoms with Crippen LogP contribution in [0.15, 0.2) is 53.6 Å². The van der Waals surface area contributed by atoms with Gasteiger partial charge >= 0.3 is 5.69 Å². The summed E-state index contributed by atoms with van der Waals surface area (Å²) < 4.78 is 4.56. The largest absolute Gasteiger partial charge is 0.390 e. The van der Waals surface area contributed by atoms with E-state index in [1.165, 1.54) is 9.08 Å². The van der Waals surface area contributed by atoms with Gasteiger partial charge in [-0.3, -0.25) is 4.98 Å². The molecule has 3 N–H and O–H groups in total. The summed E-state index contributed by atoms with van der Waals surface area (Å²) >= 11 is 0. The molecule has 10 nitrogen and oxygen atoms in total. The molecule has 0 aliphatic heterocycles. The molecule has 0 radical (unpaired) electrons. The Balaban J connectivity index is 1.84. The predicted octanol–water partition coefficient (Wildman–Crippen LogP) is 2.09. The number of aliphatic hydroxyl groups excluding tert-OH is 1. The van der Waals surface area contributed by atoms with Crippen LogP contribution in [-0.2, 0) is 20.2 Å². The number of pyridine rings is 1. The number of fused-ring (bicyclic) bond motifs is 1. The van der Waals surface area contributed by atoms with Crippen molar-refractivity contribution in [2.24, 2.45) is 7.05 Å². The van der Waals surface area contributed by atoms with Crippen LogP contribution >= 0.6 is 0 Å². The lowest BCUT2D eigenvalue weighted by Crippen LogP contribution is -2.24. The minimum absolute atomic E-state index is 0.0451. The molecule has 34 heavy (non-hydrogen) atoms. The van der Waals surface area contributed by atoms with Gasteiger partial charge in [0.2, 0.25) is 5.95 Å². The molecule has 172 valence electrons. The molecule has 5 rings (SSSR count). The van der Waals surface area contributed by atoms with Crippen molar-refractivity contribution in [3.8, 4) is 22.4 Å². The third-order valence-electron chi connectivity index (χ3n) is 5.83. The fourth-order valence-corrected chi connectivity index (χ4v) is 4.18. The second kappa shape index (κ2) is 8.23. The van der Waals surface area contributed by atoms with Crippen LogP contribution in [0.5, 0.6) is 0 Å². The van der Waals surface area contributed by atoms with Gasteiger partial charge < -0.3 is 15.4 Å². The van der Waals surface area contributed by atoms with Gasteiger partial charge in [-0.25, -0.2) is 23.8 Å². The van der Waals surface area contributed by atoms with Crippen molar-refractivity contribution >= 4 is 11.6 Å². The SMILES string of the molecule is Cc1cc(-c2c(-c3ccccc3)nc(N)n3c(=O)n(Cc4c(C)ncn4C)nc23)cc(CO)n1. The van der Waals surface area contributed by atoms with Crippen molar-refractivity contribution in [1.29, 1.82) is 0 Å². The number of benzene rings is 1. The molecular weight excluding hydrogens is 432 g/mol. The Morgan fingerprint density at radius 3 is 2.50 bits per heavy atom. The first kappa shape index (κ1) is 21.5. The molecule has 0 amide bonds. The Morgan fingerprint density at radius 2 is 1.82 bits per heavy atom. The third-order valence-corrected chi connectivity index (χ3v) is 5.83. The molecule has 4 heterocycles. The molecule has 0 aliphatic carbocycles. The van der Waals surface area contributed by atoms with Crippen LogP contribution in [-0.4, -0.2) is 38.8 Å². The maximum Gasteiger partial charge on any atom is 0.353 e. The second-order valence-electron chi connectivity index (χ2n) is 8.19. The minimum Gasteiger partial charge on any atom is -0.390 e. The molecule has 0 atom stereocenters. The number of nitrogen functional groups attached to an aromatic ring is 1. The number of imidazole rings is 1. The summed E-state index contributed by atoms with van der Waals surface area (Å²) in [5.41, 5.74) is 12.0. The van der Waals surface area contributed by atoms with E-state index in [4.69, 9.17) is 10.8 Å². The summed E-state index contributed by atoms with van der Waals surface area (Å²) in [6.07, 6.45) is 1.70. The fourth-order valence-electron chi connectivity index (χ4n) is 4.18. The monoisotopic (exact) mass is 456 g/mol. The molecule has 0 fully saturated rings. The Hall–Kier alpha value is -4.31. The van der Waals surface area contributed by atoms with Crippen LogP contribution in [0.3, 0.4) is 0 Å². The van der Waals surface area contributed by atoms with Crippen molar-refractivity contribution in [3.63, 3.8) is 0 Å². The lowest BCUT2D eigenvalue weighted by atomic mass is 9.99. The summed E-state index contributed by atoms with van der Waals surface area (Å²) in [7, 11) is 1.88. The number of aryl methyl sites for hydroxylation is 3. The highest BCUT2D eigenvalue weighted by Crippen LogP contribution is 2.34. The number of anilines is 1. The zero-order valence-corrected chi connectivity index (χ0v) is 19.1. The van der Waals surface area contributed by atoms with Gasteiger partial charge in [0.1, 0.15) is 0 Å². The molecule has 0 saturated carbocycles. The molecule has 0 bridgehead atoms. The van der Waals surface area contributed by atoms with Gasteiger partial charge in [0.25, 0.3) is 0 Å². The predicted molar refractivity (Wildman–Crippen MR) is 128 cm³/mol. The van der Waals surface area contributed by atoms with Gasteiger partial charge in [-0.2, -0.15) is 0 Å². The lowest BCUT2D eigenvalue weighted by Gasteiger charge is -2.13. The highest BCUT2D eigenvalue weighted by atomic mass is 16.3. The van der Waals surface area contributed by atoms with E-state index in [-0.39, 0.29) is 19.1 Å². The van der Waals surface area contributed by atoms with E-state index in [1.807, 2.05) is 61.9 Å². The van der Waals surface area contributed by atoms with Gasteiger partial charge in [-0.1, -0.05) is 30.3 Å². The van der Waals surface area contributed by atoms with Crippen molar-refractivity contribution in [2.45, 2.75) is 27.0 Å². The summed E-state index contributed by atoms with van der Waals surface area (Å²) in [5, 5.41) is 14.4. The van der Waals surface area contributed by atoms with Crippen molar-refractivity contribution < 1.29 is 5.11 Å². The molecule has 5 aromatic rings. The van der Waals surface area contributed by atoms with E-state index in [1.54, 1.807) is 12.4 Å². The molecule has 1 aromatic carbocycles. The first-order chi connectivity index (χ1) is 16.4. The third kappa shape index (κ3) is 3.54. The first-order valence-electron chi connectivity index (χ1n) is 10.8.